The zero-order valence-corrected chi connectivity index (χ0v) is 12.3. The summed E-state index contributed by atoms with van der Waals surface area (Å²) < 4.78 is 17.2. The van der Waals surface area contributed by atoms with E-state index in [0.717, 1.165) is 0 Å². The van der Waals surface area contributed by atoms with Crippen molar-refractivity contribution in [2.45, 2.75) is 13.0 Å². The Kier molecular flexibility index (Phi) is 4.64. The van der Waals surface area contributed by atoms with Crippen LogP contribution in [0.5, 0.6) is 11.5 Å². The molecule has 0 atom stereocenters. The molecule has 0 radical (unpaired) electrons. The fraction of sp³-hybridized carbons (Fsp3) is 0.429. The number of nitrogens with zero attached hydrogens (tertiary/aromatic N) is 2. The van der Waals surface area contributed by atoms with E-state index in [0.29, 0.717) is 41.4 Å². The molecule has 0 unspecified atom stereocenters. The number of aliphatic carboxylic acids is 1. The lowest BCUT2D eigenvalue weighted by Crippen LogP contribution is -2.13. The second-order valence-corrected chi connectivity index (χ2v) is 4.45. The third-order valence-corrected chi connectivity index (χ3v) is 3.16. The predicted molar refractivity (Wildman–Crippen MR) is 76.1 cm³/mol. The molecule has 21 heavy (non-hydrogen) atoms. The van der Waals surface area contributed by atoms with E-state index in [1.54, 1.807) is 30.9 Å². The molecule has 1 heterocycles. The first-order chi connectivity index (χ1) is 10.1. The van der Waals surface area contributed by atoms with Gasteiger partial charge in [-0.1, -0.05) is 0 Å². The summed E-state index contributed by atoms with van der Waals surface area (Å²) in [5.74, 6) is 0.824. The lowest BCUT2D eigenvalue weighted by atomic mass is 10.2. The Bertz CT molecular complexity index is 650. The molecule has 1 aromatic heterocycles. The molecule has 114 valence electrons. The number of carboxylic acid groups (broad SMARTS) is 1. The molecule has 0 aliphatic rings. The normalized spacial score (nSPS) is 10.8. The van der Waals surface area contributed by atoms with E-state index in [2.05, 4.69) is 4.98 Å². The van der Waals surface area contributed by atoms with Gasteiger partial charge in [0, 0.05) is 25.7 Å². The largest absolute Gasteiger partial charge is 0.493 e. The first-order valence-electron chi connectivity index (χ1n) is 6.42. The van der Waals surface area contributed by atoms with Gasteiger partial charge in [0.15, 0.2) is 11.5 Å². The van der Waals surface area contributed by atoms with Crippen LogP contribution in [-0.2, 0) is 22.5 Å². The number of carbonyl (C=O) groups is 1. The number of rotatable bonds is 7. The average molecular weight is 294 g/mol. The lowest BCUT2D eigenvalue weighted by molar-refractivity contribution is -0.137. The molecule has 0 saturated carbocycles. The van der Waals surface area contributed by atoms with E-state index in [1.165, 1.54) is 7.11 Å². The first-order valence-corrected chi connectivity index (χ1v) is 6.42. The molecule has 2 aromatic rings. The van der Waals surface area contributed by atoms with Crippen molar-refractivity contribution in [2.24, 2.45) is 0 Å². The number of ether oxygens (including phenoxy) is 3. The summed E-state index contributed by atoms with van der Waals surface area (Å²) in [7, 11) is 4.67. The number of hydrogen-bond acceptors (Lipinski definition) is 5. The molecule has 0 bridgehead atoms. The Morgan fingerprint density at radius 1 is 1.24 bits per heavy atom. The summed E-state index contributed by atoms with van der Waals surface area (Å²) in [6, 6.07) is 3.48. The van der Waals surface area contributed by atoms with Gasteiger partial charge in [-0.15, -0.1) is 0 Å². The summed E-state index contributed by atoms with van der Waals surface area (Å²) in [5.41, 5.74) is 1.36. The summed E-state index contributed by atoms with van der Waals surface area (Å²) >= 11 is 0. The van der Waals surface area contributed by atoms with Gasteiger partial charge in [0.05, 0.1) is 31.9 Å². The van der Waals surface area contributed by atoms with Crippen LogP contribution in [0.25, 0.3) is 11.0 Å². The summed E-state index contributed by atoms with van der Waals surface area (Å²) in [4.78, 5) is 15.5. The van der Waals surface area contributed by atoms with E-state index in [1.807, 2.05) is 0 Å². The molecule has 0 spiro atoms. The molecular weight excluding hydrogens is 276 g/mol. The van der Waals surface area contributed by atoms with Gasteiger partial charge in [-0.25, -0.2) is 4.98 Å². The highest BCUT2D eigenvalue weighted by molar-refractivity contribution is 5.82. The minimum atomic E-state index is -0.928. The summed E-state index contributed by atoms with van der Waals surface area (Å²) in [6.07, 6.45) is 0.531. The number of aromatic nitrogens is 2. The molecule has 1 aromatic carbocycles. The molecule has 0 saturated heterocycles. The maximum atomic E-state index is 11.1. The molecular formula is C14H18N2O5. The molecule has 0 aliphatic heterocycles. The number of imidazole rings is 1. The minimum absolute atomic E-state index is 0.162. The number of fused-ring (bicyclic) bond motifs is 1. The van der Waals surface area contributed by atoms with Gasteiger partial charge < -0.3 is 23.9 Å². The Balaban J connectivity index is 2.58. The third-order valence-electron chi connectivity index (χ3n) is 3.16. The predicted octanol–water partition coefficient (Wildman–Crippen LogP) is 1.33. The number of methoxy groups -OCH3 is 3. The molecule has 7 nitrogen and oxygen atoms in total. The van der Waals surface area contributed by atoms with Crippen LogP contribution < -0.4 is 9.47 Å². The van der Waals surface area contributed by atoms with Gasteiger partial charge in [0.1, 0.15) is 12.4 Å². The topological polar surface area (TPSA) is 82.8 Å². The van der Waals surface area contributed by atoms with Crippen molar-refractivity contribution in [1.82, 2.24) is 9.55 Å². The van der Waals surface area contributed by atoms with Crippen molar-refractivity contribution < 1.29 is 24.1 Å². The standard InChI is InChI=1S/C14H18N2O5/c1-19-5-4-13-15-9-6-11(20-2)12(21-3)7-10(9)16(13)8-14(17)18/h6-7H,4-5,8H2,1-3H3,(H,17,18). The Morgan fingerprint density at radius 2 is 1.90 bits per heavy atom. The third kappa shape index (κ3) is 3.08. The van der Waals surface area contributed by atoms with Crippen molar-refractivity contribution >= 4 is 17.0 Å². The molecule has 0 aliphatic carbocycles. The summed E-state index contributed by atoms with van der Waals surface area (Å²) in [5, 5.41) is 9.09. The van der Waals surface area contributed by atoms with Gasteiger partial charge in [-0.2, -0.15) is 0 Å². The van der Waals surface area contributed by atoms with Crippen molar-refractivity contribution in [1.29, 1.82) is 0 Å². The second-order valence-electron chi connectivity index (χ2n) is 4.45. The van der Waals surface area contributed by atoms with Crippen LogP contribution in [0.2, 0.25) is 0 Å². The Morgan fingerprint density at radius 3 is 2.48 bits per heavy atom. The van der Waals surface area contributed by atoms with E-state index >= 15 is 0 Å². The number of hydrogen-bond donors (Lipinski definition) is 1. The van der Waals surface area contributed by atoms with E-state index in [9.17, 15) is 4.79 Å². The van der Waals surface area contributed by atoms with Gasteiger partial charge >= 0.3 is 5.97 Å². The Hall–Kier alpha value is -2.28. The van der Waals surface area contributed by atoms with Crippen molar-refractivity contribution in [3.05, 3.63) is 18.0 Å². The summed E-state index contributed by atoms with van der Waals surface area (Å²) in [6.45, 7) is 0.308. The van der Waals surface area contributed by atoms with E-state index < -0.39 is 5.97 Å². The highest BCUT2D eigenvalue weighted by atomic mass is 16.5. The number of benzene rings is 1. The molecule has 7 heteroatoms. The maximum Gasteiger partial charge on any atom is 0.323 e. The van der Waals surface area contributed by atoms with E-state index in [4.69, 9.17) is 19.3 Å². The van der Waals surface area contributed by atoms with Gasteiger partial charge in [0.25, 0.3) is 0 Å². The molecule has 0 amide bonds. The molecule has 1 N–H and O–H groups in total. The zero-order valence-electron chi connectivity index (χ0n) is 12.3. The second kappa shape index (κ2) is 6.45. The average Bonchev–Trinajstić information content (AvgIpc) is 2.80. The van der Waals surface area contributed by atoms with Gasteiger partial charge in [-0.3, -0.25) is 4.79 Å². The molecule has 2 rings (SSSR count). The van der Waals surface area contributed by atoms with Crippen LogP contribution in [-0.4, -0.2) is 48.6 Å². The van der Waals surface area contributed by atoms with Crippen LogP contribution in [0.3, 0.4) is 0 Å². The highest BCUT2D eigenvalue weighted by Crippen LogP contribution is 2.32. The minimum Gasteiger partial charge on any atom is -0.493 e. The van der Waals surface area contributed by atoms with Crippen LogP contribution >= 0.6 is 0 Å². The van der Waals surface area contributed by atoms with Crippen LogP contribution in [0.15, 0.2) is 12.1 Å². The fourth-order valence-electron chi connectivity index (χ4n) is 2.20. The van der Waals surface area contributed by atoms with E-state index in [-0.39, 0.29) is 6.54 Å². The van der Waals surface area contributed by atoms with Gasteiger partial charge in [-0.05, 0) is 0 Å². The van der Waals surface area contributed by atoms with Gasteiger partial charge in [0.2, 0.25) is 0 Å². The quantitative estimate of drug-likeness (QED) is 0.829. The number of carboxylic acids is 1. The van der Waals surface area contributed by atoms with Crippen LogP contribution in [0.4, 0.5) is 0 Å². The van der Waals surface area contributed by atoms with Crippen molar-refractivity contribution in [3.8, 4) is 11.5 Å². The molecule has 0 fully saturated rings. The monoisotopic (exact) mass is 294 g/mol. The van der Waals surface area contributed by atoms with Crippen LogP contribution in [0.1, 0.15) is 5.82 Å². The highest BCUT2D eigenvalue weighted by Gasteiger charge is 2.16. The smallest absolute Gasteiger partial charge is 0.323 e. The maximum absolute atomic E-state index is 11.1. The van der Waals surface area contributed by atoms with Crippen LogP contribution in [0, 0.1) is 0 Å². The fourth-order valence-corrected chi connectivity index (χ4v) is 2.20. The first kappa shape index (κ1) is 15.1. The van der Waals surface area contributed by atoms with Crippen molar-refractivity contribution in [3.63, 3.8) is 0 Å². The van der Waals surface area contributed by atoms with Crippen molar-refractivity contribution in [2.75, 3.05) is 27.9 Å². The SMILES string of the molecule is COCCc1nc2cc(OC)c(OC)cc2n1CC(=O)O. The zero-order chi connectivity index (χ0) is 15.4. The Labute approximate surface area is 122 Å². The lowest BCUT2D eigenvalue weighted by Gasteiger charge is -2.09.